The minimum atomic E-state index is 0.412. The number of morpholine rings is 1. The highest BCUT2D eigenvalue weighted by atomic mass is 32.2. The van der Waals surface area contributed by atoms with E-state index in [0.29, 0.717) is 31.1 Å². The van der Waals surface area contributed by atoms with Crippen LogP contribution >= 0.6 is 11.8 Å². The summed E-state index contributed by atoms with van der Waals surface area (Å²) < 4.78 is 5.36. The Bertz CT molecular complexity index is 412. The Balaban J connectivity index is 1.85. The van der Waals surface area contributed by atoms with Crippen LogP contribution in [0, 0.1) is 0 Å². The number of nitrogens with two attached hydrogens (primary N) is 1. The molecule has 110 valence electrons. The number of hydrogen-bond acceptors (Lipinski definition) is 9. The van der Waals surface area contributed by atoms with Gasteiger partial charge in [-0.1, -0.05) is 0 Å². The van der Waals surface area contributed by atoms with E-state index < -0.39 is 0 Å². The number of rotatable bonds is 3. The summed E-state index contributed by atoms with van der Waals surface area (Å²) >= 11 is 1.96. The summed E-state index contributed by atoms with van der Waals surface area (Å²) in [6.45, 7) is 4.91. The second-order valence-electron chi connectivity index (χ2n) is 4.60. The normalized spacial score (nSPS) is 20.1. The molecule has 2 aliphatic rings. The lowest BCUT2D eigenvalue weighted by atomic mass is 10.4. The van der Waals surface area contributed by atoms with Gasteiger partial charge in [0.2, 0.25) is 17.8 Å². The van der Waals surface area contributed by atoms with E-state index in [9.17, 15) is 0 Å². The van der Waals surface area contributed by atoms with Gasteiger partial charge in [-0.15, -0.1) is 0 Å². The third-order valence-corrected chi connectivity index (χ3v) is 4.27. The summed E-state index contributed by atoms with van der Waals surface area (Å²) in [4.78, 5) is 17.6. The number of nitrogen functional groups attached to an aromatic ring is 1. The first-order valence-corrected chi connectivity index (χ1v) is 7.90. The summed E-state index contributed by atoms with van der Waals surface area (Å²) in [7, 11) is 0. The lowest BCUT2D eigenvalue weighted by Crippen LogP contribution is -2.39. The van der Waals surface area contributed by atoms with Gasteiger partial charge in [0, 0.05) is 37.7 Å². The highest BCUT2D eigenvalue weighted by Gasteiger charge is 2.20. The maximum absolute atomic E-state index is 5.48. The fourth-order valence-corrected chi connectivity index (χ4v) is 3.13. The topological polar surface area (TPSA) is 92.4 Å². The molecule has 3 N–H and O–H groups in total. The zero-order valence-electron chi connectivity index (χ0n) is 11.3. The van der Waals surface area contributed by atoms with Crippen LogP contribution < -0.4 is 21.1 Å². The molecule has 9 heteroatoms. The van der Waals surface area contributed by atoms with Gasteiger partial charge in [-0.05, 0) is 0 Å². The highest BCUT2D eigenvalue weighted by molar-refractivity contribution is 7.99. The smallest absolute Gasteiger partial charge is 0.243 e. The molecule has 3 heterocycles. The van der Waals surface area contributed by atoms with Gasteiger partial charge in [0.15, 0.2) is 0 Å². The Kier molecular flexibility index (Phi) is 4.38. The number of nitrogens with one attached hydrogen (secondary N) is 1. The molecule has 0 bridgehead atoms. The maximum atomic E-state index is 5.48. The molecule has 0 spiro atoms. The van der Waals surface area contributed by atoms with E-state index >= 15 is 0 Å². The van der Waals surface area contributed by atoms with Gasteiger partial charge in [-0.2, -0.15) is 26.7 Å². The Morgan fingerprint density at radius 1 is 0.950 bits per heavy atom. The maximum Gasteiger partial charge on any atom is 0.243 e. The molecule has 0 unspecified atom stereocenters. The predicted octanol–water partition coefficient (Wildman–Crippen LogP) is -0.453. The van der Waals surface area contributed by atoms with Crippen LogP contribution in [0.25, 0.3) is 0 Å². The van der Waals surface area contributed by atoms with Crippen molar-refractivity contribution < 1.29 is 4.74 Å². The van der Waals surface area contributed by atoms with E-state index in [1.54, 1.807) is 0 Å². The van der Waals surface area contributed by atoms with E-state index in [2.05, 4.69) is 30.2 Å². The second kappa shape index (κ2) is 6.42. The number of anilines is 3. The molecule has 0 aliphatic carbocycles. The van der Waals surface area contributed by atoms with Crippen molar-refractivity contribution in [1.82, 2.24) is 15.0 Å². The summed E-state index contributed by atoms with van der Waals surface area (Å²) in [5, 5.41) is 0. The summed E-state index contributed by atoms with van der Waals surface area (Å²) in [6.07, 6.45) is 0. The predicted molar refractivity (Wildman–Crippen MR) is 80.2 cm³/mol. The van der Waals surface area contributed by atoms with E-state index in [1.807, 2.05) is 11.8 Å². The van der Waals surface area contributed by atoms with Crippen molar-refractivity contribution >= 4 is 29.6 Å². The Morgan fingerprint density at radius 2 is 1.55 bits per heavy atom. The van der Waals surface area contributed by atoms with Crippen molar-refractivity contribution in [3.8, 4) is 0 Å². The van der Waals surface area contributed by atoms with E-state index in [-0.39, 0.29) is 0 Å². The largest absolute Gasteiger partial charge is 0.378 e. The van der Waals surface area contributed by atoms with Crippen molar-refractivity contribution in [1.29, 1.82) is 0 Å². The highest BCUT2D eigenvalue weighted by Crippen LogP contribution is 2.20. The molecule has 3 rings (SSSR count). The number of hydrogen-bond donors (Lipinski definition) is 2. The van der Waals surface area contributed by atoms with Crippen molar-refractivity contribution in [3.63, 3.8) is 0 Å². The van der Waals surface area contributed by atoms with Crippen LogP contribution in [-0.2, 0) is 4.74 Å². The minimum Gasteiger partial charge on any atom is -0.378 e. The van der Waals surface area contributed by atoms with E-state index in [4.69, 9.17) is 10.6 Å². The minimum absolute atomic E-state index is 0.412. The van der Waals surface area contributed by atoms with Gasteiger partial charge in [0.1, 0.15) is 0 Å². The molecule has 0 aromatic carbocycles. The third-order valence-electron chi connectivity index (χ3n) is 3.33. The first-order chi connectivity index (χ1) is 9.86. The first kappa shape index (κ1) is 13.7. The van der Waals surface area contributed by atoms with Crippen molar-refractivity contribution in [2.75, 3.05) is 66.1 Å². The van der Waals surface area contributed by atoms with Crippen LogP contribution in [0.3, 0.4) is 0 Å². The number of ether oxygens (including phenoxy) is 1. The van der Waals surface area contributed by atoms with Gasteiger partial charge < -0.3 is 14.5 Å². The fraction of sp³-hybridized carbons (Fsp3) is 0.727. The Morgan fingerprint density at radius 3 is 2.15 bits per heavy atom. The molecule has 0 atom stereocenters. The quantitative estimate of drug-likeness (QED) is 0.568. The molecule has 20 heavy (non-hydrogen) atoms. The van der Waals surface area contributed by atoms with Crippen LogP contribution in [0.15, 0.2) is 0 Å². The fourth-order valence-electron chi connectivity index (χ4n) is 2.23. The first-order valence-electron chi connectivity index (χ1n) is 6.75. The van der Waals surface area contributed by atoms with Crippen LogP contribution in [0.1, 0.15) is 0 Å². The summed E-state index contributed by atoms with van der Waals surface area (Å²) in [5.74, 6) is 9.47. The average Bonchev–Trinajstić information content (AvgIpc) is 2.56. The van der Waals surface area contributed by atoms with Gasteiger partial charge in [0.05, 0.1) is 13.2 Å². The molecule has 0 radical (unpaired) electrons. The molecule has 8 nitrogen and oxygen atoms in total. The van der Waals surface area contributed by atoms with Gasteiger partial charge in [0.25, 0.3) is 0 Å². The third kappa shape index (κ3) is 3.05. The van der Waals surface area contributed by atoms with Crippen LogP contribution in [0.2, 0.25) is 0 Å². The lowest BCUT2D eigenvalue weighted by molar-refractivity contribution is 0.122. The zero-order valence-corrected chi connectivity index (χ0v) is 12.1. The zero-order chi connectivity index (χ0) is 13.8. The molecule has 1 aromatic heterocycles. The van der Waals surface area contributed by atoms with Crippen LogP contribution in [0.5, 0.6) is 0 Å². The molecule has 0 saturated carbocycles. The molecular formula is C11H19N7OS. The SMILES string of the molecule is NNc1nc(N2CCOCC2)nc(N2CCSCC2)n1. The van der Waals surface area contributed by atoms with Crippen molar-refractivity contribution in [2.45, 2.75) is 0 Å². The number of aromatic nitrogens is 3. The monoisotopic (exact) mass is 297 g/mol. The van der Waals surface area contributed by atoms with Gasteiger partial charge >= 0.3 is 0 Å². The number of thioether (sulfide) groups is 1. The standard InChI is InChI=1S/C11H19N7OS/c12-16-9-13-10(17-1-5-19-6-2-17)15-11(14-9)18-3-7-20-8-4-18/h1-8,12H2,(H,13,14,15,16). The lowest BCUT2D eigenvalue weighted by Gasteiger charge is -2.30. The van der Waals surface area contributed by atoms with Gasteiger partial charge in [-0.3, -0.25) is 5.43 Å². The molecule has 1 aromatic rings. The van der Waals surface area contributed by atoms with E-state index in [0.717, 1.165) is 37.7 Å². The van der Waals surface area contributed by atoms with Crippen molar-refractivity contribution in [2.24, 2.45) is 5.84 Å². The Hall–Kier alpha value is -1.32. The average molecular weight is 297 g/mol. The van der Waals surface area contributed by atoms with Crippen LogP contribution in [0.4, 0.5) is 17.8 Å². The van der Waals surface area contributed by atoms with Gasteiger partial charge in [-0.25, -0.2) is 5.84 Å². The molecule has 0 amide bonds. The molecule has 2 aliphatic heterocycles. The number of hydrazine groups is 1. The molecular weight excluding hydrogens is 278 g/mol. The second-order valence-corrected chi connectivity index (χ2v) is 5.83. The summed E-state index contributed by atoms with van der Waals surface area (Å²) in [6, 6.07) is 0. The molecule has 2 fully saturated rings. The molecule has 2 saturated heterocycles. The van der Waals surface area contributed by atoms with Crippen molar-refractivity contribution in [3.05, 3.63) is 0 Å². The van der Waals surface area contributed by atoms with Crippen LogP contribution in [-0.4, -0.2) is 65.9 Å². The summed E-state index contributed by atoms with van der Waals surface area (Å²) in [5.41, 5.74) is 2.53. The Labute approximate surface area is 122 Å². The number of nitrogens with zero attached hydrogens (tertiary/aromatic N) is 5. The van der Waals surface area contributed by atoms with E-state index in [1.165, 1.54) is 0 Å².